The van der Waals surface area contributed by atoms with E-state index in [0.717, 1.165) is 30.6 Å². The van der Waals surface area contributed by atoms with E-state index in [4.69, 9.17) is 9.26 Å². The highest BCUT2D eigenvalue weighted by atomic mass is 16.5. The number of hydrogen-bond acceptors (Lipinski definition) is 4. The number of piperidine rings is 1. The van der Waals surface area contributed by atoms with Gasteiger partial charge in [-0.25, -0.2) is 4.79 Å². The van der Waals surface area contributed by atoms with E-state index in [2.05, 4.69) is 49.5 Å². The highest BCUT2D eigenvalue weighted by molar-refractivity contribution is 5.89. The molecule has 1 saturated heterocycles. The maximum Gasteiger partial charge on any atom is 0.322 e. The standard InChI is InChI=1S/C23H31N3O3/c1-5-7-17(3)28-21-9-6-8-19(13-21)12-20-10-11-26(15-16(20)2)23(27)25-22-14-24-29-18(22)4/h6,8-9,12-14,16-17H,5,7,10-11,15H2,1-4H3,(H,25,27). The van der Waals surface area contributed by atoms with Gasteiger partial charge in [-0.1, -0.05) is 49.2 Å². The van der Waals surface area contributed by atoms with Crippen LogP contribution in [0.2, 0.25) is 0 Å². The van der Waals surface area contributed by atoms with Gasteiger partial charge in [0, 0.05) is 13.1 Å². The number of ether oxygens (including phenoxy) is 1. The van der Waals surface area contributed by atoms with E-state index >= 15 is 0 Å². The van der Waals surface area contributed by atoms with Crippen molar-refractivity contribution in [3.05, 3.63) is 47.4 Å². The molecular weight excluding hydrogens is 366 g/mol. The molecule has 2 unspecified atom stereocenters. The van der Waals surface area contributed by atoms with Crippen molar-refractivity contribution in [2.45, 2.75) is 53.1 Å². The molecular formula is C23H31N3O3. The number of urea groups is 1. The van der Waals surface area contributed by atoms with Gasteiger partial charge in [0.15, 0.2) is 5.76 Å². The highest BCUT2D eigenvalue weighted by Crippen LogP contribution is 2.27. The zero-order valence-corrected chi connectivity index (χ0v) is 17.8. The second-order valence-corrected chi connectivity index (χ2v) is 7.83. The quantitative estimate of drug-likeness (QED) is 0.698. The lowest BCUT2D eigenvalue weighted by Crippen LogP contribution is -2.42. The van der Waals surface area contributed by atoms with Gasteiger partial charge in [0.2, 0.25) is 0 Å². The number of aromatic nitrogens is 1. The number of carbonyl (C=O) groups excluding carboxylic acids is 1. The van der Waals surface area contributed by atoms with Crippen LogP contribution in [-0.4, -0.2) is 35.3 Å². The molecule has 1 aliphatic rings. The lowest BCUT2D eigenvalue weighted by atomic mass is 9.91. The Balaban J connectivity index is 1.61. The smallest absolute Gasteiger partial charge is 0.322 e. The Hall–Kier alpha value is -2.76. The summed E-state index contributed by atoms with van der Waals surface area (Å²) in [7, 11) is 0. The summed E-state index contributed by atoms with van der Waals surface area (Å²) in [6.07, 6.45) is 7.01. The molecule has 1 aromatic carbocycles. The van der Waals surface area contributed by atoms with Gasteiger partial charge in [0.1, 0.15) is 11.4 Å². The molecule has 6 heteroatoms. The fourth-order valence-corrected chi connectivity index (χ4v) is 3.65. The van der Waals surface area contributed by atoms with Crippen LogP contribution in [0.15, 0.2) is 40.6 Å². The summed E-state index contributed by atoms with van der Waals surface area (Å²) in [4.78, 5) is 14.4. The highest BCUT2D eigenvalue weighted by Gasteiger charge is 2.25. The number of nitrogens with one attached hydrogen (secondary N) is 1. The maximum absolute atomic E-state index is 12.5. The van der Waals surface area contributed by atoms with Crippen LogP contribution in [0.25, 0.3) is 6.08 Å². The molecule has 1 aromatic heterocycles. The molecule has 2 aromatic rings. The van der Waals surface area contributed by atoms with E-state index in [1.807, 2.05) is 17.0 Å². The second kappa shape index (κ2) is 9.63. The zero-order chi connectivity index (χ0) is 20.8. The minimum Gasteiger partial charge on any atom is -0.491 e. The third-order valence-electron chi connectivity index (χ3n) is 5.32. The largest absolute Gasteiger partial charge is 0.491 e. The molecule has 156 valence electrons. The van der Waals surface area contributed by atoms with Crippen LogP contribution in [0.4, 0.5) is 10.5 Å². The minimum atomic E-state index is -0.109. The van der Waals surface area contributed by atoms with Crippen LogP contribution in [-0.2, 0) is 0 Å². The average molecular weight is 398 g/mol. The van der Waals surface area contributed by atoms with Gasteiger partial charge < -0.3 is 19.5 Å². The maximum atomic E-state index is 12.5. The van der Waals surface area contributed by atoms with Crippen LogP contribution in [0.3, 0.4) is 0 Å². The Kier molecular flexibility index (Phi) is 6.96. The number of carbonyl (C=O) groups is 1. The van der Waals surface area contributed by atoms with Crippen LogP contribution in [0.1, 0.15) is 51.4 Å². The van der Waals surface area contributed by atoms with Gasteiger partial charge in [0.25, 0.3) is 0 Å². The monoisotopic (exact) mass is 397 g/mol. The Morgan fingerprint density at radius 2 is 2.31 bits per heavy atom. The summed E-state index contributed by atoms with van der Waals surface area (Å²) in [5, 5.41) is 6.58. The number of hydrogen-bond donors (Lipinski definition) is 1. The molecule has 2 atom stereocenters. The van der Waals surface area contributed by atoms with Gasteiger partial charge in [-0.3, -0.25) is 0 Å². The van der Waals surface area contributed by atoms with Gasteiger partial charge in [-0.2, -0.15) is 0 Å². The first kappa shape index (κ1) is 21.0. The summed E-state index contributed by atoms with van der Waals surface area (Å²) < 4.78 is 11.0. The topological polar surface area (TPSA) is 67.6 Å². The van der Waals surface area contributed by atoms with Crippen molar-refractivity contribution in [3.8, 4) is 5.75 Å². The molecule has 1 aliphatic heterocycles. The molecule has 0 saturated carbocycles. The summed E-state index contributed by atoms with van der Waals surface area (Å²) in [5.41, 5.74) is 3.12. The number of likely N-dealkylation sites (tertiary alicyclic amines) is 1. The fourth-order valence-electron chi connectivity index (χ4n) is 3.65. The minimum absolute atomic E-state index is 0.109. The van der Waals surface area contributed by atoms with Gasteiger partial charge in [-0.15, -0.1) is 0 Å². The first-order valence-corrected chi connectivity index (χ1v) is 10.4. The SMILES string of the molecule is CCCC(C)Oc1cccc(C=C2CCN(C(=O)Nc3cnoc3C)CC2C)c1. The first-order valence-electron chi connectivity index (χ1n) is 10.4. The first-order chi connectivity index (χ1) is 14.0. The molecule has 0 radical (unpaired) electrons. The Bertz CT molecular complexity index is 859. The number of nitrogens with zero attached hydrogens (tertiary/aromatic N) is 2. The zero-order valence-electron chi connectivity index (χ0n) is 17.8. The van der Waals surface area contributed by atoms with Crippen molar-refractivity contribution in [1.29, 1.82) is 0 Å². The summed E-state index contributed by atoms with van der Waals surface area (Å²) in [5.74, 6) is 1.81. The van der Waals surface area contributed by atoms with Crippen molar-refractivity contribution in [3.63, 3.8) is 0 Å². The summed E-state index contributed by atoms with van der Waals surface area (Å²) in [6, 6.07) is 8.14. The van der Waals surface area contributed by atoms with E-state index in [9.17, 15) is 4.79 Å². The number of amides is 2. The van der Waals surface area contributed by atoms with Gasteiger partial charge in [0.05, 0.1) is 12.3 Å². The number of benzene rings is 1. The predicted octanol–water partition coefficient (Wildman–Crippen LogP) is 5.51. The number of rotatable bonds is 6. The molecule has 0 aliphatic carbocycles. The Morgan fingerprint density at radius 3 is 3.00 bits per heavy atom. The molecule has 0 spiro atoms. The molecule has 6 nitrogen and oxygen atoms in total. The summed E-state index contributed by atoms with van der Waals surface area (Å²) in [6.45, 7) is 9.60. The molecule has 0 bridgehead atoms. The molecule has 1 fully saturated rings. The normalized spacial score (nSPS) is 19.2. The number of anilines is 1. The van der Waals surface area contributed by atoms with Crippen molar-refractivity contribution < 1.29 is 14.1 Å². The van der Waals surface area contributed by atoms with Crippen molar-refractivity contribution in [2.24, 2.45) is 5.92 Å². The second-order valence-electron chi connectivity index (χ2n) is 7.83. The molecule has 3 rings (SSSR count). The fraction of sp³-hybridized carbons (Fsp3) is 0.478. The van der Waals surface area contributed by atoms with Gasteiger partial charge in [-0.05, 0) is 50.3 Å². The van der Waals surface area contributed by atoms with Crippen LogP contribution in [0, 0.1) is 12.8 Å². The van der Waals surface area contributed by atoms with Crippen molar-refractivity contribution in [2.75, 3.05) is 18.4 Å². The lowest BCUT2D eigenvalue weighted by molar-refractivity contribution is 0.197. The predicted molar refractivity (Wildman–Crippen MR) is 115 cm³/mol. The Morgan fingerprint density at radius 1 is 1.48 bits per heavy atom. The van der Waals surface area contributed by atoms with E-state index in [0.29, 0.717) is 30.5 Å². The molecule has 29 heavy (non-hydrogen) atoms. The number of aryl methyl sites for hydroxylation is 1. The van der Waals surface area contributed by atoms with Crippen LogP contribution < -0.4 is 10.1 Å². The third kappa shape index (κ3) is 5.62. The van der Waals surface area contributed by atoms with E-state index in [1.54, 1.807) is 6.92 Å². The van der Waals surface area contributed by atoms with Crippen LogP contribution >= 0.6 is 0 Å². The third-order valence-corrected chi connectivity index (χ3v) is 5.32. The molecule has 1 N–H and O–H groups in total. The lowest BCUT2D eigenvalue weighted by Gasteiger charge is -2.33. The van der Waals surface area contributed by atoms with Crippen molar-refractivity contribution in [1.82, 2.24) is 10.1 Å². The van der Waals surface area contributed by atoms with Gasteiger partial charge >= 0.3 is 6.03 Å². The van der Waals surface area contributed by atoms with E-state index < -0.39 is 0 Å². The van der Waals surface area contributed by atoms with E-state index in [-0.39, 0.29) is 12.1 Å². The summed E-state index contributed by atoms with van der Waals surface area (Å²) >= 11 is 0. The molecule has 2 amide bonds. The Labute approximate surface area is 172 Å². The average Bonchev–Trinajstić information content (AvgIpc) is 3.08. The molecule has 2 heterocycles. The van der Waals surface area contributed by atoms with Crippen LogP contribution in [0.5, 0.6) is 5.75 Å². The van der Waals surface area contributed by atoms with E-state index in [1.165, 1.54) is 11.8 Å². The van der Waals surface area contributed by atoms with Crippen molar-refractivity contribution >= 4 is 17.8 Å².